The Kier molecular flexibility index (Phi) is 3.75. The van der Waals surface area contributed by atoms with E-state index in [-0.39, 0.29) is 0 Å². The van der Waals surface area contributed by atoms with Gasteiger partial charge in [0.25, 0.3) is 0 Å². The minimum atomic E-state index is 0.488. The van der Waals surface area contributed by atoms with Crippen LogP contribution < -0.4 is 10.1 Å². The number of rotatable bonds is 4. The standard InChI is InChI=1S/C17H14N4O/c1-22-14-9-7-13(8-10-14)19-17-15(11-18)16(20-21-17)12-5-3-2-4-6-12/h2-10H,1H3,(H2,19,20,21). The summed E-state index contributed by atoms with van der Waals surface area (Å²) in [4.78, 5) is 0. The first kappa shape index (κ1) is 13.7. The van der Waals surface area contributed by atoms with Gasteiger partial charge in [-0.05, 0) is 24.3 Å². The first-order valence-electron chi connectivity index (χ1n) is 6.77. The summed E-state index contributed by atoms with van der Waals surface area (Å²) >= 11 is 0. The topological polar surface area (TPSA) is 73.7 Å². The number of nitrogens with one attached hydrogen (secondary N) is 2. The van der Waals surface area contributed by atoms with Gasteiger partial charge in [-0.2, -0.15) is 10.4 Å². The summed E-state index contributed by atoms with van der Waals surface area (Å²) in [7, 11) is 1.62. The lowest BCUT2D eigenvalue weighted by molar-refractivity contribution is 0.415. The van der Waals surface area contributed by atoms with E-state index in [0.29, 0.717) is 17.1 Å². The second kappa shape index (κ2) is 6.02. The number of benzene rings is 2. The summed E-state index contributed by atoms with van der Waals surface area (Å²) < 4.78 is 5.12. The minimum Gasteiger partial charge on any atom is -0.497 e. The molecule has 2 N–H and O–H groups in total. The molecule has 5 heteroatoms. The highest BCUT2D eigenvalue weighted by molar-refractivity contribution is 5.75. The molecule has 22 heavy (non-hydrogen) atoms. The molecule has 0 amide bonds. The molecule has 1 aromatic heterocycles. The maximum absolute atomic E-state index is 9.44. The summed E-state index contributed by atoms with van der Waals surface area (Å²) in [5.74, 6) is 1.28. The molecule has 0 unspecified atom stereocenters. The minimum absolute atomic E-state index is 0.488. The van der Waals surface area contributed by atoms with Crippen LogP contribution in [0.15, 0.2) is 54.6 Å². The van der Waals surface area contributed by atoms with Crippen molar-refractivity contribution < 1.29 is 4.74 Å². The number of methoxy groups -OCH3 is 1. The molecule has 1 heterocycles. The van der Waals surface area contributed by atoms with E-state index in [2.05, 4.69) is 21.6 Å². The van der Waals surface area contributed by atoms with Gasteiger partial charge in [0.15, 0.2) is 5.82 Å². The highest BCUT2D eigenvalue weighted by Crippen LogP contribution is 2.28. The van der Waals surface area contributed by atoms with Gasteiger partial charge in [0, 0.05) is 11.3 Å². The fourth-order valence-corrected chi connectivity index (χ4v) is 2.17. The zero-order valence-electron chi connectivity index (χ0n) is 12.0. The number of H-pyrrole nitrogens is 1. The average molecular weight is 290 g/mol. The summed E-state index contributed by atoms with van der Waals surface area (Å²) in [5.41, 5.74) is 2.96. The second-order valence-electron chi connectivity index (χ2n) is 4.65. The van der Waals surface area contributed by atoms with Crippen molar-refractivity contribution in [1.82, 2.24) is 10.2 Å². The van der Waals surface area contributed by atoms with Crippen molar-refractivity contribution in [2.75, 3.05) is 12.4 Å². The fourth-order valence-electron chi connectivity index (χ4n) is 2.17. The van der Waals surface area contributed by atoms with Crippen LogP contribution in [0.5, 0.6) is 5.75 Å². The predicted octanol–water partition coefficient (Wildman–Crippen LogP) is 3.70. The molecule has 0 fully saturated rings. The lowest BCUT2D eigenvalue weighted by Crippen LogP contribution is -1.93. The van der Waals surface area contributed by atoms with Crippen molar-refractivity contribution in [3.8, 4) is 23.1 Å². The highest BCUT2D eigenvalue weighted by atomic mass is 16.5. The Morgan fingerprint density at radius 3 is 2.45 bits per heavy atom. The predicted molar refractivity (Wildman–Crippen MR) is 85.0 cm³/mol. The molecule has 3 aromatic rings. The highest BCUT2D eigenvalue weighted by Gasteiger charge is 2.14. The van der Waals surface area contributed by atoms with Gasteiger partial charge in [-0.3, -0.25) is 5.10 Å². The van der Waals surface area contributed by atoms with E-state index in [1.165, 1.54) is 0 Å². The quantitative estimate of drug-likeness (QED) is 0.768. The number of aromatic amines is 1. The van der Waals surface area contributed by atoms with E-state index in [9.17, 15) is 5.26 Å². The van der Waals surface area contributed by atoms with Gasteiger partial charge in [-0.25, -0.2) is 0 Å². The van der Waals surface area contributed by atoms with Gasteiger partial charge in [-0.15, -0.1) is 0 Å². The summed E-state index contributed by atoms with van der Waals surface area (Å²) in [6.07, 6.45) is 0. The molecular formula is C17H14N4O. The average Bonchev–Trinajstić information content (AvgIpc) is 2.99. The van der Waals surface area contributed by atoms with E-state index < -0.39 is 0 Å². The van der Waals surface area contributed by atoms with Gasteiger partial charge >= 0.3 is 0 Å². The Bertz CT molecular complexity index is 801. The van der Waals surface area contributed by atoms with E-state index >= 15 is 0 Å². The van der Waals surface area contributed by atoms with Crippen LogP contribution in [0.4, 0.5) is 11.5 Å². The van der Waals surface area contributed by atoms with Crippen molar-refractivity contribution >= 4 is 11.5 Å². The second-order valence-corrected chi connectivity index (χ2v) is 4.65. The fraction of sp³-hybridized carbons (Fsp3) is 0.0588. The van der Waals surface area contributed by atoms with E-state index in [4.69, 9.17) is 4.74 Å². The van der Waals surface area contributed by atoms with Crippen LogP contribution in [0.1, 0.15) is 5.56 Å². The third-order valence-corrected chi connectivity index (χ3v) is 3.29. The lowest BCUT2D eigenvalue weighted by atomic mass is 10.1. The number of anilines is 2. The SMILES string of the molecule is COc1ccc(Nc2n[nH]c(-c3ccccc3)c2C#N)cc1. The van der Waals surface area contributed by atoms with Crippen LogP contribution in [0.25, 0.3) is 11.3 Å². The first-order chi connectivity index (χ1) is 10.8. The molecule has 5 nitrogen and oxygen atoms in total. The van der Waals surface area contributed by atoms with Crippen LogP contribution in [0.3, 0.4) is 0 Å². The van der Waals surface area contributed by atoms with Crippen LogP contribution in [0, 0.1) is 11.3 Å². The van der Waals surface area contributed by atoms with Crippen molar-refractivity contribution in [2.24, 2.45) is 0 Å². The Hall–Kier alpha value is -3.26. The lowest BCUT2D eigenvalue weighted by Gasteiger charge is -2.05. The molecular weight excluding hydrogens is 276 g/mol. The first-order valence-corrected chi connectivity index (χ1v) is 6.77. The number of hydrogen-bond donors (Lipinski definition) is 2. The molecule has 0 aliphatic heterocycles. The van der Waals surface area contributed by atoms with E-state index in [0.717, 1.165) is 17.0 Å². The van der Waals surface area contributed by atoms with E-state index in [1.54, 1.807) is 7.11 Å². The summed E-state index contributed by atoms with van der Waals surface area (Å²) in [6.45, 7) is 0. The third kappa shape index (κ3) is 2.63. The smallest absolute Gasteiger partial charge is 0.170 e. The molecule has 3 rings (SSSR count). The normalized spacial score (nSPS) is 10.0. The van der Waals surface area contributed by atoms with Gasteiger partial charge < -0.3 is 10.1 Å². The Balaban J connectivity index is 1.92. The number of aromatic nitrogens is 2. The Morgan fingerprint density at radius 1 is 1.09 bits per heavy atom. The molecule has 0 spiro atoms. The maximum atomic E-state index is 9.44. The Labute approximate surface area is 128 Å². The summed E-state index contributed by atoms with van der Waals surface area (Å²) in [5, 5.41) is 19.7. The molecule has 108 valence electrons. The number of nitrogens with zero attached hydrogens (tertiary/aromatic N) is 2. The molecule has 0 saturated heterocycles. The van der Waals surface area contributed by atoms with Crippen molar-refractivity contribution in [3.63, 3.8) is 0 Å². The molecule has 0 bridgehead atoms. The number of ether oxygens (including phenoxy) is 1. The van der Waals surface area contributed by atoms with Gasteiger partial charge in [0.1, 0.15) is 17.4 Å². The maximum Gasteiger partial charge on any atom is 0.170 e. The third-order valence-electron chi connectivity index (χ3n) is 3.29. The molecule has 0 radical (unpaired) electrons. The van der Waals surface area contributed by atoms with Gasteiger partial charge in [0.2, 0.25) is 0 Å². The van der Waals surface area contributed by atoms with Crippen LogP contribution >= 0.6 is 0 Å². The van der Waals surface area contributed by atoms with Gasteiger partial charge in [-0.1, -0.05) is 30.3 Å². The monoisotopic (exact) mass is 290 g/mol. The Morgan fingerprint density at radius 2 is 1.82 bits per heavy atom. The molecule has 0 aliphatic carbocycles. The molecule has 0 aliphatic rings. The van der Waals surface area contributed by atoms with Crippen LogP contribution in [0.2, 0.25) is 0 Å². The van der Waals surface area contributed by atoms with Crippen molar-refractivity contribution in [2.45, 2.75) is 0 Å². The molecule has 0 saturated carbocycles. The number of hydrogen-bond acceptors (Lipinski definition) is 4. The zero-order chi connectivity index (χ0) is 15.4. The van der Waals surface area contributed by atoms with Crippen LogP contribution in [-0.4, -0.2) is 17.3 Å². The largest absolute Gasteiger partial charge is 0.497 e. The van der Waals surface area contributed by atoms with Crippen molar-refractivity contribution in [1.29, 1.82) is 5.26 Å². The summed E-state index contributed by atoms with van der Waals surface area (Å²) in [6, 6.07) is 19.3. The zero-order valence-corrected chi connectivity index (χ0v) is 12.0. The number of nitriles is 1. The molecule has 2 aromatic carbocycles. The van der Waals surface area contributed by atoms with Crippen molar-refractivity contribution in [3.05, 3.63) is 60.2 Å². The molecule has 0 atom stereocenters. The van der Waals surface area contributed by atoms with Crippen LogP contribution in [-0.2, 0) is 0 Å². The van der Waals surface area contributed by atoms with E-state index in [1.807, 2.05) is 54.6 Å². The van der Waals surface area contributed by atoms with Gasteiger partial charge in [0.05, 0.1) is 12.8 Å².